The molecule has 1 aliphatic carbocycles. The lowest BCUT2D eigenvalue weighted by Gasteiger charge is -2.28. The van der Waals surface area contributed by atoms with Crippen LogP contribution in [0.2, 0.25) is 0 Å². The topological polar surface area (TPSA) is 104 Å². The fraction of sp³-hybridized carbons (Fsp3) is 0.833. The third kappa shape index (κ3) is 3.84. The van der Waals surface area contributed by atoms with Gasteiger partial charge >= 0.3 is 12.0 Å². The first-order valence-corrected chi connectivity index (χ1v) is 8.69. The minimum atomic E-state index is -3.15. The van der Waals surface area contributed by atoms with Crippen molar-refractivity contribution in [2.75, 3.05) is 18.1 Å². The van der Waals surface area contributed by atoms with E-state index >= 15 is 0 Å². The molecular weight excluding hydrogens is 284 g/mol. The Labute approximate surface area is 118 Å². The Morgan fingerprint density at radius 1 is 1.20 bits per heavy atom. The van der Waals surface area contributed by atoms with Gasteiger partial charge in [-0.15, -0.1) is 0 Å². The third-order valence-corrected chi connectivity index (χ3v) is 5.65. The van der Waals surface area contributed by atoms with Gasteiger partial charge < -0.3 is 15.3 Å². The van der Waals surface area contributed by atoms with E-state index in [0.717, 1.165) is 30.6 Å². The zero-order valence-corrected chi connectivity index (χ0v) is 12.1. The highest BCUT2D eigenvalue weighted by Gasteiger charge is 2.36. The summed E-state index contributed by atoms with van der Waals surface area (Å²) in [7, 11) is -3.15. The Hall–Kier alpha value is -1.31. The molecular formula is C12H20N2O5S. The summed E-state index contributed by atoms with van der Waals surface area (Å²) in [5.74, 6) is -1.25. The van der Waals surface area contributed by atoms with E-state index in [9.17, 15) is 18.0 Å². The lowest BCUT2D eigenvalue weighted by molar-refractivity contribution is -0.138. The van der Waals surface area contributed by atoms with E-state index in [-0.39, 0.29) is 17.5 Å². The molecule has 1 saturated carbocycles. The van der Waals surface area contributed by atoms with Crippen LogP contribution < -0.4 is 5.32 Å². The Morgan fingerprint density at radius 3 is 2.35 bits per heavy atom. The number of aliphatic carboxylic acids is 1. The maximum absolute atomic E-state index is 12.2. The number of nitrogens with one attached hydrogen (secondary N) is 1. The lowest BCUT2D eigenvalue weighted by Crippen LogP contribution is -2.51. The molecule has 2 rings (SSSR count). The van der Waals surface area contributed by atoms with Crippen LogP contribution in [-0.4, -0.2) is 60.6 Å². The highest BCUT2D eigenvalue weighted by Crippen LogP contribution is 2.20. The number of hydrogen-bond donors (Lipinski definition) is 2. The predicted molar refractivity (Wildman–Crippen MR) is 72.2 cm³/mol. The molecule has 8 heteroatoms. The zero-order chi connectivity index (χ0) is 14.8. The van der Waals surface area contributed by atoms with E-state index in [1.807, 2.05) is 0 Å². The smallest absolute Gasteiger partial charge is 0.323 e. The molecule has 1 heterocycles. The summed E-state index contributed by atoms with van der Waals surface area (Å²) in [6.07, 6.45) is 4.22. The van der Waals surface area contributed by atoms with Crippen molar-refractivity contribution in [2.45, 2.75) is 44.2 Å². The molecule has 1 atom stereocenters. The highest BCUT2D eigenvalue weighted by atomic mass is 32.2. The van der Waals surface area contributed by atoms with Crippen LogP contribution in [0.25, 0.3) is 0 Å². The summed E-state index contributed by atoms with van der Waals surface area (Å²) in [5, 5.41) is 11.7. The summed E-state index contributed by atoms with van der Waals surface area (Å²) in [6.45, 7) is -0.460. The number of hydrogen-bond acceptors (Lipinski definition) is 4. The maximum atomic E-state index is 12.2. The first-order chi connectivity index (χ1) is 9.37. The number of sulfone groups is 1. The van der Waals surface area contributed by atoms with Crippen molar-refractivity contribution in [1.29, 1.82) is 0 Å². The van der Waals surface area contributed by atoms with Gasteiger partial charge in [-0.3, -0.25) is 4.79 Å². The second-order valence-electron chi connectivity index (χ2n) is 5.51. The van der Waals surface area contributed by atoms with Crippen molar-refractivity contribution in [3.05, 3.63) is 0 Å². The highest BCUT2D eigenvalue weighted by molar-refractivity contribution is 7.91. The van der Waals surface area contributed by atoms with Crippen LogP contribution >= 0.6 is 0 Å². The Morgan fingerprint density at radius 2 is 1.85 bits per heavy atom. The Bertz CT molecular complexity index is 484. The van der Waals surface area contributed by atoms with Gasteiger partial charge in [0.2, 0.25) is 0 Å². The molecule has 1 unspecified atom stereocenters. The standard InChI is InChI=1S/C12H20N2O5S/c15-11(16)7-14(10-5-6-20(18,19)8-10)12(17)13-9-3-1-2-4-9/h9-10H,1-8H2,(H,13,17)(H,15,16). The van der Waals surface area contributed by atoms with E-state index in [2.05, 4.69) is 5.32 Å². The van der Waals surface area contributed by atoms with Gasteiger partial charge in [-0.05, 0) is 19.3 Å². The molecule has 0 aromatic rings. The molecule has 0 bridgehead atoms. The third-order valence-electron chi connectivity index (χ3n) is 3.90. The number of rotatable bonds is 4. The van der Waals surface area contributed by atoms with Gasteiger partial charge in [-0.25, -0.2) is 13.2 Å². The first-order valence-electron chi connectivity index (χ1n) is 6.87. The van der Waals surface area contributed by atoms with Crippen molar-refractivity contribution in [3.63, 3.8) is 0 Å². The van der Waals surface area contributed by atoms with Crippen LogP contribution in [0.3, 0.4) is 0 Å². The van der Waals surface area contributed by atoms with Crippen LogP contribution in [-0.2, 0) is 14.6 Å². The minimum Gasteiger partial charge on any atom is -0.480 e. The lowest BCUT2D eigenvalue weighted by atomic mass is 10.2. The second kappa shape index (κ2) is 5.99. The average Bonchev–Trinajstić information content (AvgIpc) is 2.95. The number of carbonyl (C=O) groups is 2. The second-order valence-corrected chi connectivity index (χ2v) is 7.74. The molecule has 7 nitrogen and oxygen atoms in total. The largest absolute Gasteiger partial charge is 0.480 e. The molecule has 2 N–H and O–H groups in total. The molecule has 0 spiro atoms. The molecule has 0 radical (unpaired) electrons. The number of nitrogens with zero attached hydrogens (tertiary/aromatic N) is 1. The molecule has 0 aromatic carbocycles. The van der Waals surface area contributed by atoms with Crippen molar-refractivity contribution < 1.29 is 23.1 Å². The van der Waals surface area contributed by atoms with Gasteiger partial charge in [0.25, 0.3) is 0 Å². The molecule has 0 aromatic heterocycles. The van der Waals surface area contributed by atoms with Gasteiger partial charge in [0.05, 0.1) is 11.5 Å². The van der Waals surface area contributed by atoms with E-state index in [0.29, 0.717) is 6.42 Å². The van der Waals surface area contributed by atoms with E-state index in [1.54, 1.807) is 0 Å². The van der Waals surface area contributed by atoms with Gasteiger partial charge in [0, 0.05) is 12.1 Å². The summed E-state index contributed by atoms with van der Waals surface area (Å²) < 4.78 is 23.0. The first kappa shape index (κ1) is 15.1. The van der Waals surface area contributed by atoms with Gasteiger partial charge in [0.15, 0.2) is 9.84 Å². The van der Waals surface area contributed by atoms with E-state index in [4.69, 9.17) is 5.11 Å². The SMILES string of the molecule is O=C(O)CN(C(=O)NC1CCCC1)C1CCS(=O)(=O)C1. The summed E-state index contributed by atoms with van der Waals surface area (Å²) >= 11 is 0. The number of amides is 2. The van der Waals surface area contributed by atoms with E-state index < -0.39 is 34.4 Å². The Kier molecular flexibility index (Phi) is 4.52. The summed E-state index contributed by atoms with van der Waals surface area (Å²) in [4.78, 5) is 24.2. The molecule has 1 saturated heterocycles. The number of urea groups is 1. The van der Waals surface area contributed by atoms with Crippen LogP contribution in [0.15, 0.2) is 0 Å². The van der Waals surface area contributed by atoms with Crippen molar-refractivity contribution in [1.82, 2.24) is 10.2 Å². The minimum absolute atomic E-state index is 0.0183. The van der Waals surface area contributed by atoms with Crippen LogP contribution in [0, 0.1) is 0 Å². The molecule has 114 valence electrons. The predicted octanol–water partition coefficient (Wildman–Crippen LogP) is 0.212. The number of carboxylic acid groups (broad SMARTS) is 1. The molecule has 20 heavy (non-hydrogen) atoms. The summed E-state index contributed by atoms with van der Waals surface area (Å²) in [5.41, 5.74) is 0. The van der Waals surface area contributed by atoms with Gasteiger partial charge in [0.1, 0.15) is 6.54 Å². The van der Waals surface area contributed by atoms with Crippen LogP contribution in [0.4, 0.5) is 4.79 Å². The zero-order valence-electron chi connectivity index (χ0n) is 11.2. The fourth-order valence-corrected chi connectivity index (χ4v) is 4.59. The van der Waals surface area contributed by atoms with Crippen LogP contribution in [0.5, 0.6) is 0 Å². The van der Waals surface area contributed by atoms with Crippen molar-refractivity contribution >= 4 is 21.8 Å². The molecule has 2 amide bonds. The van der Waals surface area contributed by atoms with Gasteiger partial charge in [-0.2, -0.15) is 0 Å². The van der Waals surface area contributed by atoms with Crippen molar-refractivity contribution in [2.24, 2.45) is 0 Å². The summed E-state index contributed by atoms with van der Waals surface area (Å²) in [6, 6.07) is -0.907. The quantitative estimate of drug-likeness (QED) is 0.773. The van der Waals surface area contributed by atoms with Crippen molar-refractivity contribution in [3.8, 4) is 0 Å². The monoisotopic (exact) mass is 304 g/mol. The fourth-order valence-electron chi connectivity index (χ4n) is 2.86. The normalized spacial score (nSPS) is 25.5. The molecule has 1 aliphatic heterocycles. The number of carbonyl (C=O) groups excluding carboxylic acids is 1. The van der Waals surface area contributed by atoms with Crippen LogP contribution in [0.1, 0.15) is 32.1 Å². The molecule has 2 aliphatic rings. The number of carboxylic acids is 1. The molecule has 2 fully saturated rings. The Balaban J connectivity index is 2.02. The maximum Gasteiger partial charge on any atom is 0.323 e. The van der Waals surface area contributed by atoms with Gasteiger partial charge in [-0.1, -0.05) is 12.8 Å². The average molecular weight is 304 g/mol. The van der Waals surface area contributed by atoms with E-state index in [1.165, 1.54) is 0 Å².